The van der Waals surface area contributed by atoms with Crippen LogP contribution in [-0.4, -0.2) is 12.6 Å². The molecule has 0 amide bonds. The quantitative estimate of drug-likeness (QED) is 0.0850. The number of carbonyl (C=O) groups is 1. The van der Waals surface area contributed by atoms with Gasteiger partial charge in [-0.05, 0) is 17.9 Å². The second kappa shape index (κ2) is 18.6. The first-order valence-corrected chi connectivity index (χ1v) is 15.4. The highest BCUT2D eigenvalue weighted by Crippen LogP contribution is 2.18. The van der Waals surface area contributed by atoms with Gasteiger partial charge in [0.25, 0.3) is 5.69 Å². The summed E-state index contributed by atoms with van der Waals surface area (Å²) in [4.78, 5) is 13.2. The number of nitrogens with zero attached hydrogens (tertiary/aromatic N) is 1. The monoisotopic (exact) mass is 516 g/mol. The molecule has 3 nitrogen and oxygen atoms in total. The molecule has 0 bridgehead atoms. The van der Waals surface area contributed by atoms with Crippen LogP contribution in [0.2, 0.25) is 0 Å². The minimum Gasteiger partial charge on any atom is -0.458 e. The van der Waals surface area contributed by atoms with E-state index in [1.807, 2.05) is 47.2 Å². The fourth-order valence-corrected chi connectivity index (χ4v) is 5.28. The van der Waals surface area contributed by atoms with Crippen molar-refractivity contribution in [2.75, 3.05) is 6.61 Å². The van der Waals surface area contributed by atoms with Gasteiger partial charge in [0.05, 0.1) is 12.0 Å². The van der Waals surface area contributed by atoms with Crippen LogP contribution in [0.3, 0.4) is 0 Å². The number of carbonyl (C=O) groups excluding carboxylic acids is 1. The van der Waals surface area contributed by atoms with Crippen molar-refractivity contribution in [1.82, 2.24) is 0 Å². The van der Waals surface area contributed by atoms with Gasteiger partial charge in [-0.3, -0.25) is 0 Å². The standard InChI is InChI=1S/C35H50NO2/c1-2-3-4-5-6-7-8-9-10-11-12-13-14-15-16-22-29-38-35(37)34-33-26-21-20-25-32(33)27-28-36(34)30-31-23-18-17-19-24-31/h17-21,23-28H,2-16,22,29-30H2,1H3/q+1. The maximum atomic E-state index is 13.2. The Morgan fingerprint density at radius 1 is 0.632 bits per heavy atom. The van der Waals surface area contributed by atoms with Gasteiger partial charge in [0.15, 0.2) is 12.7 Å². The fraction of sp³-hybridized carbons (Fsp3) is 0.543. The number of hydrogen-bond donors (Lipinski definition) is 0. The summed E-state index contributed by atoms with van der Waals surface area (Å²) in [6, 6.07) is 20.4. The summed E-state index contributed by atoms with van der Waals surface area (Å²) in [5, 5.41) is 2.01. The zero-order valence-electron chi connectivity index (χ0n) is 23.8. The number of unbranched alkanes of at least 4 members (excludes halogenated alkanes) is 15. The molecule has 0 aliphatic heterocycles. The summed E-state index contributed by atoms with van der Waals surface area (Å²) in [5.41, 5.74) is 1.81. The number of esters is 1. The Kier molecular flexibility index (Phi) is 14.6. The second-order valence-electron chi connectivity index (χ2n) is 10.8. The van der Waals surface area contributed by atoms with Crippen molar-refractivity contribution >= 4 is 16.7 Å². The van der Waals surface area contributed by atoms with Crippen molar-refractivity contribution < 1.29 is 14.1 Å². The first kappa shape index (κ1) is 29.9. The molecule has 0 atom stereocenters. The van der Waals surface area contributed by atoms with E-state index in [1.165, 1.54) is 95.5 Å². The Morgan fingerprint density at radius 2 is 1.16 bits per heavy atom. The third kappa shape index (κ3) is 11.0. The van der Waals surface area contributed by atoms with E-state index in [0.717, 1.165) is 23.6 Å². The van der Waals surface area contributed by atoms with Gasteiger partial charge in [0, 0.05) is 11.6 Å². The molecule has 0 saturated carbocycles. The van der Waals surface area contributed by atoms with Crippen LogP contribution < -0.4 is 4.57 Å². The molecule has 0 unspecified atom stereocenters. The third-order valence-electron chi connectivity index (χ3n) is 7.56. The minimum atomic E-state index is -0.223. The third-order valence-corrected chi connectivity index (χ3v) is 7.56. The lowest BCUT2D eigenvalue weighted by Gasteiger charge is -2.08. The predicted molar refractivity (Wildman–Crippen MR) is 160 cm³/mol. The summed E-state index contributed by atoms with van der Waals surface area (Å²) < 4.78 is 7.80. The highest BCUT2D eigenvalue weighted by molar-refractivity contribution is 6.01. The Labute approximate surface area is 231 Å². The molecule has 3 rings (SSSR count). The molecule has 3 aromatic rings. The first-order valence-electron chi connectivity index (χ1n) is 15.4. The molecule has 206 valence electrons. The highest BCUT2D eigenvalue weighted by atomic mass is 16.5. The number of benzene rings is 2. The SMILES string of the molecule is CCCCCCCCCCCCCCCCCCOC(=O)c1c2ccccc2cc[n+]1Cc1ccccc1. The zero-order valence-corrected chi connectivity index (χ0v) is 23.8. The molecular weight excluding hydrogens is 466 g/mol. The van der Waals surface area contributed by atoms with Crippen LogP contribution in [0, 0.1) is 0 Å². The van der Waals surface area contributed by atoms with E-state index in [0.29, 0.717) is 18.8 Å². The van der Waals surface area contributed by atoms with Crippen LogP contribution in [0.15, 0.2) is 66.9 Å². The van der Waals surface area contributed by atoms with Gasteiger partial charge in [0.1, 0.15) is 0 Å². The van der Waals surface area contributed by atoms with Crippen LogP contribution in [0.4, 0.5) is 0 Å². The predicted octanol–water partition coefficient (Wildman–Crippen LogP) is 9.59. The Balaban J connectivity index is 1.29. The Hall–Kier alpha value is -2.68. The molecule has 3 heteroatoms. The van der Waals surface area contributed by atoms with Gasteiger partial charge in [-0.15, -0.1) is 0 Å². The van der Waals surface area contributed by atoms with Crippen molar-refractivity contribution in [2.45, 2.75) is 116 Å². The molecular formula is C35H50NO2+. The number of rotatable bonds is 20. The zero-order chi connectivity index (χ0) is 26.7. The van der Waals surface area contributed by atoms with Crippen molar-refractivity contribution in [2.24, 2.45) is 0 Å². The highest BCUT2D eigenvalue weighted by Gasteiger charge is 2.24. The molecule has 1 heterocycles. The molecule has 0 spiro atoms. The van der Waals surface area contributed by atoms with Crippen molar-refractivity contribution in [3.05, 3.63) is 78.1 Å². The van der Waals surface area contributed by atoms with Crippen molar-refractivity contribution in [1.29, 1.82) is 0 Å². The van der Waals surface area contributed by atoms with E-state index in [-0.39, 0.29) is 5.97 Å². The molecule has 38 heavy (non-hydrogen) atoms. The summed E-state index contributed by atoms with van der Waals surface area (Å²) in [7, 11) is 0. The van der Waals surface area contributed by atoms with Crippen LogP contribution in [-0.2, 0) is 11.3 Å². The van der Waals surface area contributed by atoms with Crippen LogP contribution in [0.1, 0.15) is 126 Å². The Bertz CT molecular complexity index is 1050. The molecule has 0 fully saturated rings. The van der Waals surface area contributed by atoms with E-state index in [9.17, 15) is 4.79 Å². The maximum Gasteiger partial charge on any atom is 0.404 e. The molecule has 2 aromatic carbocycles. The smallest absolute Gasteiger partial charge is 0.404 e. The molecule has 1 aromatic heterocycles. The fourth-order valence-electron chi connectivity index (χ4n) is 5.28. The summed E-state index contributed by atoms with van der Waals surface area (Å²) in [6.45, 7) is 3.42. The summed E-state index contributed by atoms with van der Waals surface area (Å²) in [5.74, 6) is -0.223. The van der Waals surface area contributed by atoms with Crippen LogP contribution in [0.25, 0.3) is 10.8 Å². The van der Waals surface area contributed by atoms with Crippen molar-refractivity contribution in [3.8, 4) is 0 Å². The number of ether oxygens (including phenoxy) is 1. The van der Waals surface area contributed by atoms with Gasteiger partial charge >= 0.3 is 5.97 Å². The second-order valence-corrected chi connectivity index (χ2v) is 10.8. The lowest BCUT2D eigenvalue weighted by molar-refractivity contribution is -0.689. The van der Waals surface area contributed by atoms with Gasteiger partial charge in [0.2, 0.25) is 0 Å². The van der Waals surface area contributed by atoms with E-state index in [2.05, 4.69) is 31.2 Å². The maximum absolute atomic E-state index is 13.2. The van der Waals surface area contributed by atoms with Crippen LogP contribution in [0.5, 0.6) is 0 Å². The minimum absolute atomic E-state index is 0.223. The molecule has 0 saturated heterocycles. The normalized spacial score (nSPS) is 11.2. The topological polar surface area (TPSA) is 30.2 Å². The average Bonchev–Trinajstić information content (AvgIpc) is 2.95. The number of fused-ring (bicyclic) bond motifs is 1. The van der Waals surface area contributed by atoms with E-state index in [1.54, 1.807) is 0 Å². The number of pyridine rings is 1. The largest absolute Gasteiger partial charge is 0.458 e. The first-order chi connectivity index (χ1) is 18.8. The van der Waals surface area contributed by atoms with Gasteiger partial charge in [-0.25, -0.2) is 4.79 Å². The number of hydrogen-bond acceptors (Lipinski definition) is 2. The molecule has 0 radical (unpaired) electrons. The van der Waals surface area contributed by atoms with E-state index < -0.39 is 0 Å². The van der Waals surface area contributed by atoms with Gasteiger partial charge in [-0.2, -0.15) is 4.57 Å². The van der Waals surface area contributed by atoms with E-state index in [4.69, 9.17) is 4.74 Å². The lowest BCUT2D eigenvalue weighted by atomic mass is 10.0. The lowest BCUT2D eigenvalue weighted by Crippen LogP contribution is -2.41. The summed E-state index contributed by atoms with van der Waals surface area (Å²) >= 11 is 0. The van der Waals surface area contributed by atoms with Crippen molar-refractivity contribution in [3.63, 3.8) is 0 Å². The summed E-state index contributed by atoms with van der Waals surface area (Å²) in [6.07, 6.45) is 23.4. The average molecular weight is 517 g/mol. The van der Waals surface area contributed by atoms with Gasteiger partial charge < -0.3 is 4.74 Å². The molecule has 0 N–H and O–H groups in total. The Morgan fingerprint density at radius 3 is 1.76 bits per heavy atom. The van der Waals surface area contributed by atoms with E-state index >= 15 is 0 Å². The van der Waals surface area contributed by atoms with Gasteiger partial charge in [-0.1, -0.05) is 152 Å². The van der Waals surface area contributed by atoms with Crippen LogP contribution >= 0.6 is 0 Å². The number of aromatic nitrogens is 1. The molecule has 0 aliphatic carbocycles. The molecule has 0 aliphatic rings.